The Hall–Kier alpha value is -2.96. The Bertz CT molecular complexity index is 1300. The standard InChI is InChI=1S/C24H24N2O4.2ClH/c1-5-20-19-12-23(30-4)22(29-3)11-18(19)16(13-25-20)9-15-8-14-10-17(28-2)6-7-21(14)26-24(15)27;;/h6-8,10-13H,5,9H2,1-4H3,(H,26,27);2*1H. The second-order valence-corrected chi connectivity index (χ2v) is 7.09. The molecule has 4 aromatic rings. The van der Waals surface area contributed by atoms with Gasteiger partial charge in [0.1, 0.15) is 5.75 Å². The Morgan fingerprint density at radius 2 is 1.56 bits per heavy atom. The third-order valence-corrected chi connectivity index (χ3v) is 5.40. The fraction of sp³-hybridized carbons (Fsp3) is 0.250. The number of halogens is 2. The van der Waals surface area contributed by atoms with Crippen molar-refractivity contribution >= 4 is 46.5 Å². The Morgan fingerprint density at radius 1 is 0.875 bits per heavy atom. The van der Waals surface area contributed by atoms with Crippen molar-refractivity contribution in [3.05, 3.63) is 69.8 Å². The molecule has 6 nitrogen and oxygen atoms in total. The number of ether oxygens (including phenoxy) is 3. The third kappa shape index (κ3) is 4.61. The quantitative estimate of drug-likeness (QED) is 0.419. The van der Waals surface area contributed by atoms with E-state index in [1.807, 2.05) is 42.6 Å². The third-order valence-electron chi connectivity index (χ3n) is 5.40. The van der Waals surface area contributed by atoms with E-state index in [0.29, 0.717) is 23.5 Å². The zero-order valence-corrected chi connectivity index (χ0v) is 20.0. The van der Waals surface area contributed by atoms with Crippen LogP contribution in [-0.4, -0.2) is 31.3 Å². The normalized spacial score (nSPS) is 10.4. The molecule has 8 heteroatoms. The number of aryl methyl sites for hydroxylation is 1. The first-order valence-electron chi connectivity index (χ1n) is 9.80. The van der Waals surface area contributed by atoms with Crippen LogP contribution in [0.25, 0.3) is 21.7 Å². The van der Waals surface area contributed by atoms with Crippen molar-refractivity contribution in [2.45, 2.75) is 19.8 Å². The van der Waals surface area contributed by atoms with E-state index < -0.39 is 0 Å². The summed E-state index contributed by atoms with van der Waals surface area (Å²) in [6.45, 7) is 2.07. The zero-order valence-electron chi connectivity index (χ0n) is 18.4. The first-order valence-corrected chi connectivity index (χ1v) is 9.80. The first kappa shape index (κ1) is 25.3. The number of nitrogens with one attached hydrogen (secondary N) is 1. The van der Waals surface area contributed by atoms with Gasteiger partial charge in [-0.2, -0.15) is 0 Å². The smallest absolute Gasteiger partial charge is 0.251 e. The van der Waals surface area contributed by atoms with E-state index in [1.54, 1.807) is 21.3 Å². The van der Waals surface area contributed by atoms with Crippen LogP contribution in [0.2, 0.25) is 0 Å². The highest BCUT2D eigenvalue weighted by atomic mass is 35.5. The van der Waals surface area contributed by atoms with Gasteiger partial charge in [-0.15, -0.1) is 24.8 Å². The maximum Gasteiger partial charge on any atom is 0.251 e. The fourth-order valence-electron chi connectivity index (χ4n) is 3.79. The Balaban J connectivity index is 0.00000181. The average Bonchev–Trinajstić information content (AvgIpc) is 2.78. The van der Waals surface area contributed by atoms with Gasteiger partial charge in [0.25, 0.3) is 5.56 Å². The molecule has 0 radical (unpaired) electrons. The predicted molar refractivity (Wildman–Crippen MR) is 133 cm³/mol. The second-order valence-electron chi connectivity index (χ2n) is 7.09. The predicted octanol–water partition coefficient (Wildman–Crippen LogP) is 5.10. The van der Waals surface area contributed by atoms with E-state index in [-0.39, 0.29) is 30.4 Å². The number of aromatic nitrogens is 2. The largest absolute Gasteiger partial charge is 0.497 e. The molecule has 2 aromatic carbocycles. The number of fused-ring (bicyclic) bond motifs is 2. The average molecular weight is 477 g/mol. The van der Waals surface area contributed by atoms with Crippen molar-refractivity contribution in [3.8, 4) is 17.2 Å². The molecule has 0 aliphatic heterocycles. The maximum absolute atomic E-state index is 12.7. The lowest BCUT2D eigenvalue weighted by Crippen LogP contribution is -2.13. The van der Waals surface area contributed by atoms with Gasteiger partial charge in [-0.25, -0.2) is 0 Å². The minimum absolute atomic E-state index is 0. The molecule has 2 heterocycles. The van der Waals surface area contributed by atoms with Crippen molar-refractivity contribution in [2.24, 2.45) is 0 Å². The van der Waals surface area contributed by atoms with Crippen molar-refractivity contribution in [3.63, 3.8) is 0 Å². The van der Waals surface area contributed by atoms with Gasteiger partial charge in [0.05, 0.1) is 21.3 Å². The van der Waals surface area contributed by atoms with E-state index in [1.165, 1.54) is 0 Å². The Labute approximate surface area is 198 Å². The minimum atomic E-state index is -0.110. The van der Waals surface area contributed by atoms with E-state index in [0.717, 1.165) is 45.1 Å². The van der Waals surface area contributed by atoms with Crippen LogP contribution in [0, 0.1) is 0 Å². The molecule has 0 unspecified atom stereocenters. The summed E-state index contributed by atoms with van der Waals surface area (Å²) in [5.41, 5.74) is 3.27. The summed E-state index contributed by atoms with van der Waals surface area (Å²) in [7, 11) is 4.87. The highest BCUT2D eigenvalue weighted by Gasteiger charge is 2.14. The first-order chi connectivity index (χ1) is 14.6. The molecule has 32 heavy (non-hydrogen) atoms. The number of pyridine rings is 2. The summed E-state index contributed by atoms with van der Waals surface area (Å²) in [4.78, 5) is 20.3. The highest BCUT2D eigenvalue weighted by Crippen LogP contribution is 2.35. The molecule has 0 aliphatic rings. The summed E-state index contributed by atoms with van der Waals surface area (Å²) in [6.07, 6.45) is 3.09. The van der Waals surface area contributed by atoms with Gasteiger partial charge in [-0.1, -0.05) is 6.92 Å². The molecule has 0 amide bonds. The van der Waals surface area contributed by atoms with Gasteiger partial charge in [-0.3, -0.25) is 9.78 Å². The second kappa shape index (κ2) is 10.6. The van der Waals surface area contributed by atoms with Gasteiger partial charge < -0.3 is 19.2 Å². The summed E-state index contributed by atoms with van der Waals surface area (Å²) >= 11 is 0. The molecule has 0 saturated carbocycles. The van der Waals surface area contributed by atoms with Crippen molar-refractivity contribution in [2.75, 3.05) is 21.3 Å². The van der Waals surface area contributed by atoms with Crippen LogP contribution in [0.1, 0.15) is 23.7 Å². The van der Waals surface area contributed by atoms with Crippen molar-refractivity contribution in [1.82, 2.24) is 9.97 Å². The Kier molecular flexibility index (Phi) is 8.36. The summed E-state index contributed by atoms with van der Waals surface area (Å²) in [6, 6.07) is 11.4. The number of H-pyrrole nitrogens is 1. The molecule has 0 fully saturated rings. The molecule has 1 N–H and O–H groups in total. The summed E-state index contributed by atoms with van der Waals surface area (Å²) in [5.74, 6) is 2.06. The zero-order chi connectivity index (χ0) is 21.3. The lowest BCUT2D eigenvalue weighted by Gasteiger charge is -2.14. The van der Waals surface area contributed by atoms with Crippen LogP contribution in [0.15, 0.2) is 47.4 Å². The van der Waals surface area contributed by atoms with Gasteiger partial charge >= 0.3 is 0 Å². The Morgan fingerprint density at radius 3 is 2.19 bits per heavy atom. The van der Waals surface area contributed by atoms with Crippen LogP contribution in [0.4, 0.5) is 0 Å². The van der Waals surface area contributed by atoms with Crippen LogP contribution in [0.3, 0.4) is 0 Å². The molecule has 0 atom stereocenters. The monoisotopic (exact) mass is 476 g/mol. The number of hydrogen-bond acceptors (Lipinski definition) is 5. The molecular weight excluding hydrogens is 451 g/mol. The number of aromatic amines is 1. The van der Waals surface area contributed by atoms with Crippen LogP contribution in [-0.2, 0) is 12.8 Å². The minimum Gasteiger partial charge on any atom is -0.497 e. The van der Waals surface area contributed by atoms with Gasteiger partial charge in [0.15, 0.2) is 11.5 Å². The maximum atomic E-state index is 12.7. The number of hydrogen-bond donors (Lipinski definition) is 1. The van der Waals surface area contributed by atoms with Crippen molar-refractivity contribution < 1.29 is 14.2 Å². The van der Waals surface area contributed by atoms with E-state index in [2.05, 4.69) is 16.9 Å². The topological polar surface area (TPSA) is 73.4 Å². The molecule has 0 saturated heterocycles. The lowest BCUT2D eigenvalue weighted by molar-refractivity contribution is 0.356. The van der Waals surface area contributed by atoms with Crippen LogP contribution < -0.4 is 19.8 Å². The molecule has 4 rings (SSSR count). The number of methoxy groups -OCH3 is 3. The lowest BCUT2D eigenvalue weighted by atomic mass is 9.98. The number of benzene rings is 2. The van der Waals surface area contributed by atoms with Crippen LogP contribution >= 0.6 is 24.8 Å². The molecule has 2 aromatic heterocycles. The van der Waals surface area contributed by atoms with E-state index in [4.69, 9.17) is 14.2 Å². The molecular formula is C24H26Cl2N2O4. The number of rotatable bonds is 6. The van der Waals surface area contributed by atoms with Gasteiger partial charge in [0, 0.05) is 40.2 Å². The summed E-state index contributed by atoms with van der Waals surface area (Å²) in [5, 5.41) is 2.93. The fourth-order valence-corrected chi connectivity index (χ4v) is 3.79. The van der Waals surface area contributed by atoms with Gasteiger partial charge in [0.2, 0.25) is 0 Å². The van der Waals surface area contributed by atoms with Crippen LogP contribution in [0.5, 0.6) is 17.2 Å². The molecule has 170 valence electrons. The SMILES string of the molecule is CCc1ncc(Cc2cc3cc(OC)ccc3[nH]c2=O)c2cc(OC)c(OC)cc12.Cl.Cl. The molecule has 0 aliphatic carbocycles. The van der Waals surface area contributed by atoms with Crippen molar-refractivity contribution in [1.29, 1.82) is 0 Å². The highest BCUT2D eigenvalue weighted by molar-refractivity contribution is 5.91. The molecule has 0 spiro atoms. The molecule has 0 bridgehead atoms. The van der Waals surface area contributed by atoms with Gasteiger partial charge in [-0.05, 0) is 53.8 Å². The summed E-state index contributed by atoms with van der Waals surface area (Å²) < 4.78 is 16.3. The van der Waals surface area contributed by atoms with E-state index in [9.17, 15) is 4.79 Å². The number of nitrogens with zero attached hydrogens (tertiary/aromatic N) is 1. The van der Waals surface area contributed by atoms with E-state index >= 15 is 0 Å².